The van der Waals surface area contributed by atoms with Crippen molar-refractivity contribution in [3.63, 3.8) is 0 Å². The lowest BCUT2D eigenvalue weighted by molar-refractivity contribution is 0.0951. The molecule has 0 aliphatic heterocycles. The van der Waals surface area contributed by atoms with Gasteiger partial charge in [-0.1, -0.05) is 24.3 Å². The first-order valence-corrected chi connectivity index (χ1v) is 9.97. The largest absolute Gasteiger partial charge is 0.381 e. The van der Waals surface area contributed by atoms with E-state index in [-0.39, 0.29) is 11.7 Å². The van der Waals surface area contributed by atoms with E-state index in [0.29, 0.717) is 43.2 Å². The smallest absolute Gasteiger partial charge is 0.255 e. The second-order valence-electron chi connectivity index (χ2n) is 6.84. The highest BCUT2D eigenvalue weighted by atomic mass is 19.1. The Morgan fingerprint density at radius 1 is 1.16 bits per heavy atom. The number of pyridine rings is 2. The second kappa shape index (κ2) is 11.6. The molecule has 0 fully saturated rings. The summed E-state index contributed by atoms with van der Waals surface area (Å²) in [5.74, 6) is -0.0342. The van der Waals surface area contributed by atoms with Crippen LogP contribution in [0.1, 0.15) is 27.2 Å². The van der Waals surface area contributed by atoms with Gasteiger partial charge in [0.1, 0.15) is 11.6 Å². The molecule has 2 N–H and O–H groups in total. The van der Waals surface area contributed by atoms with Crippen LogP contribution in [0.3, 0.4) is 0 Å². The maximum Gasteiger partial charge on any atom is 0.255 e. The Hall–Kier alpha value is -3.58. The number of hydrogen-bond acceptors (Lipinski definition) is 5. The molecule has 31 heavy (non-hydrogen) atoms. The van der Waals surface area contributed by atoms with Crippen molar-refractivity contribution in [3.05, 3.63) is 95.2 Å². The third kappa shape index (κ3) is 7.01. The molecule has 0 saturated carbocycles. The Balaban J connectivity index is 1.72. The molecule has 7 heteroatoms. The number of ether oxygens (including phenoxy) is 1. The quantitative estimate of drug-likeness (QED) is 0.521. The van der Waals surface area contributed by atoms with E-state index in [1.807, 2.05) is 30.4 Å². The Morgan fingerprint density at radius 3 is 2.81 bits per heavy atom. The van der Waals surface area contributed by atoms with Crippen LogP contribution in [0.25, 0.3) is 6.08 Å². The number of anilines is 1. The summed E-state index contributed by atoms with van der Waals surface area (Å²) in [6, 6.07) is 13.7. The lowest BCUT2D eigenvalue weighted by atomic mass is 10.1. The number of aromatic nitrogens is 2. The summed E-state index contributed by atoms with van der Waals surface area (Å²) < 4.78 is 18.4. The molecular weight excluding hydrogens is 395 g/mol. The Bertz CT molecular complexity index is 1030. The average Bonchev–Trinajstić information content (AvgIpc) is 2.79. The predicted octanol–water partition coefficient (Wildman–Crippen LogP) is 3.86. The van der Waals surface area contributed by atoms with Gasteiger partial charge in [-0.15, -0.1) is 0 Å². The minimum Gasteiger partial charge on any atom is -0.381 e. The molecule has 0 spiro atoms. The van der Waals surface area contributed by atoms with Gasteiger partial charge in [-0.25, -0.2) is 9.37 Å². The second-order valence-corrected chi connectivity index (χ2v) is 6.84. The van der Waals surface area contributed by atoms with E-state index in [1.165, 1.54) is 12.1 Å². The van der Waals surface area contributed by atoms with Gasteiger partial charge in [0.2, 0.25) is 0 Å². The maximum atomic E-state index is 13.4. The number of nitrogens with one attached hydrogen (secondary N) is 2. The Morgan fingerprint density at radius 2 is 2.03 bits per heavy atom. The lowest BCUT2D eigenvalue weighted by Gasteiger charge is -2.13. The van der Waals surface area contributed by atoms with E-state index in [1.54, 1.807) is 37.7 Å². The van der Waals surface area contributed by atoms with Gasteiger partial charge in [0.15, 0.2) is 0 Å². The molecule has 160 valence electrons. The third-order valence-corrected chi connectivity index (χ3v) is 4.48. The molecule has 6 nitrogen and oxygen atoms in total. The molecule has 0 bridgehead atoms. The van der Waals surface area contributed by atoms with Crippen LogP contribution in [0.5, 0.6) is 0 Å². The third-order valence-electron chi connectivity index (χ3n) is 4.48. The SMILES string of the molecule is COC/C=C/c1ccc(C(=O)NCc2cccnc2)c(NCCc2cccc(F)c2)n1. The average molecular weight is 420 g/mol. The van der Waals surface area contributed by atoms with Gasteiger partial charge in [0, 0.05) is 32.6 Å². The zero-order valence-electron chi connectivity index (χ0n) is 17.3. The van der Waals surface area contributed by atoms with Crippen molar-refractivity contribution in [2.24, 2.45) is 0 Å². The first-order chi connectivity index (χ1) is 15.2. The fourth-order valence-corrected chi connectivity index (χ4v) is 2.95. The molecule has 3 rings (SSSR count). The molecule has 1 amide bonds. The Kier molecular flexibility index (Phi) is 8.25. The number of methoxy groups -OCH3 is 1. The molecule has 1 aromatic carbocycles. The van der Waals surface area contributed by atoms with Crippen LogP contribution < -0.4 is 10.6 Å². The molecule has 0 aliphatic carbocycles. The molecule has 3 aromatic rings. The molecule has 0 saturated heterocycles. The van der Waals surface area contributed by atoms with Gasteiger partial charge in [-0.3, -0.25) is 9.78 Å². The molecule has 0 aliphatic rings. The number of benzene rings is 1. The summed E-state index contributed by atoms with van der Waals surface area (Å²) in [5.41, 5.74) is 2.91. The van der Waals surface area contributed by atoms with E-state index in [0.717, 1.165) is 11.1 Å². The van der Waals surface area contributed by atoms with E-state index in [9.17, 15) is 9.18 Å². The van der Waals surface area contributed by atoms with Crippen molar-refractivity contribution in [3.8, 4) is 0 Å². The highest BCUT2D eigenvalue weighted by Gasteiger charge is 2.13. The highest BCUT2D eigenvalue weighted by molar-refractivity contribution is 5.98. The van der Waals surface area contributed by atoms with Crippen LogP contribution in [-0.2, 0) is 17.7 Å². The maximum absolute atomic E-state index is 13.4. The van der Waals surface area contributed by atoms with E-state index >= 15 is 0 Å². The zero-order chi connectivity index (χ0) is 21.9. The number of nitrogens with zero attached hydrogens (tertiary/aromatic N) is 2. The summed E-state index contributed by atoms with van der Waals surface area (Å²) in [5, 5.41) is 6.12. The summed E-state index contributed by atoms with van der Waals surface area (Å²) in [6.07, 6.45) is 7.67. The number of carbonyl (C=O) groups is 1. The molecule has 0 unspecified atom stereocenters. The molecule has 2 heterocycles. The topological polar surface area (TPSA) is 76.1 Å². The van der Waals surface area contributed by atoms with Crippen molar-refractivity contribution < 1.29 is 13.9 Å². The summed E-state index contributed by atoms with van der Waals surface area (Å²) in [6.45, 7) is 1.34. The molecular formula is C24H25FN4O2. The molecule has 0 atom stereocenters. The number of hydrogen-bond donors (Lipinski definition) is 2. The summed E-state index contributed by atoms with van der Waals surface area (Å²) in [4.78, 5) is 21.4. The summed E-state index contributed by atoms with van der Waals surface area (Å²) in [7, 11) is 1.62. The van der Waals surface area contributed by atoms with Crippen LogP contribution >= 0.6 is 0 Å². The van der Waals surface area contributed by atoms with Crippen molar-refractivity contribution in [1.82, 2.24) is 15.3 Å². The van der Waals surface area contributed by atoms with Gasteiger partial charge >= 0.3 is 0 Å². The van der Waals surface area contributed by atoms with Crippen molar-refractivity contribution in [1.29, 1.82) is 0 Å². The highest BCUT2D eigenvalue weighted by Crippen LogP contribution is 2.16. The monoisotopic (exact) mass is 420 g/mol. The predicted molar refractivity (Wildman–Crippen MR) is 119 cm³/mol. The number of rotatable bonds is 10. The van der Waals surface area contributed by atoms with Gasteiger partial charge < -0.3 is 15.4 Å². The van der Waals surface area contributed by atoms with E-state index < -0.39 is 0 Å². The number of halogens is 1. The molecule has 0 radical (unpaired) electrons. The van der Waals surface area contributed by atoms with Crippen LogP contribution in [0.4, 0.5) is 10.2 Å². The fraction of sp³-hybridized carbons (Fsp3) is 0.208. The molecule has 2 aromatic heterocycles. The minimum atomic E-state index is -0.267. The lowest BCUT2D eigenvalue weighted by Crippen LogP contribution is -2.25. The van der Waals surface area contributed by atoms with E-state index in [2.05, 4.69) is 20.6 Å². The minimum absolute atomic E-state index is 0.239. The fourth-order valence-electron chi connectivity index (χ4n) is 2.95. The standard InChI is InChI=1S/C24H25FN4O2/c1-31-14-4-8-21-9-10-22(24(30)28-17-19-6-3-12-26-16-19)23(29-21)27-13-11-18-5-2-7-20(25)15-18/h2-10,12,15-16H,11,13-14,17H2,1H3,(H,27,29)(H,28,30)/b8-4+. The Labute approximate surface area is 181 Å². The van der Waals surface area contributed by atoms with Gasteiger partial charge in [0.05, 0.1) is 17.9 Å². The summed E-state index contributed by atoms with van der Waals surface area (Å²) >= 11 is 0. The van der Waals surface area contributed by atoms with Crippen molar-refractivity contribution in [2.75, 3.05) is 25.6 Å². The number of carbonyl (C=O) groups excluding carboxylic acids is 1. The van der Waals surface area contributed by atoms with Gasteiger partial charge in [-0.05, 0) is 54.0 Å². The van der Waals surface area contributed by atoms with Crippen LogP contribution in [0.2, 0.25) is 0 Å². The van der Waals surface area contributed by atoms with Crippen molar-refractivity contribution in [2.45, 2.75) is 13.0 Å². The van der Waals surface area contributed by atoms with Crippen molar-refractivity contribution >= 4 is 17.8 Å². The van der Waals surface area contributed by atoms with Gasteiger partial charge in [-0.2, -0.15) is 0 Å². The van der Waals surface area contributed by atoms with Crippen LogP contribution in [-0.4, -0.2) is 36.1 Å². The van der Waals surface area contributed by atoms with Crippen LogP contribution in [0.15, 0.2) is 67.0 Å². The number of amides is 1. The van der Waals surface area contributed by atoms with Crippen LogP contribution in [0, 0.1) is 5.82 Å². The first-order valence-electron chi connectivity index (χ1n) is 9.97. The normalized spacial score (nSPS) is 10.9. The van der Waals surface area contributed by atoms with Gasteiger partial charge in [0.25, 0.3) is 5.91 Å². The van der Waals surface area contributed by atoms with E-state index in [4.69, 9.17) is 4.74 Å². The zero-order valence-corrected chi connectivity index (χ0v) is 17.3. The first kappa shape index (κ1) is 22.1.